The number of halogens is 4. The van der Waals surface area contributed by atoms with E-state index in [9.17, 15) is 22.4 Å². The van der Waals surface area contributed by atoms with Gasteiger partial charge < -0.3 is 0 Å². The number of hydrogen-bond donors (Lipinski definition) is 0. The number of benzene rings is 2. The van der Waals surface area contributed by atoms with E-state index in [4.69, 9.17) is 0 Å². The highest BCUT2D eigenvalue weighted by Gasteiger charge is 2.30. The molecule has 2 aromatic carbocycles. The average molecular weight is 296 g/mol. The summed E-state index contributed by atoms with van der Waals surface area (Å²) < 4.78 is 50.5. The van der Waals surface area contributed by atoms with Gasteiger partial charge >= 0.3 is 6.18 Å². The molecule has 0 aliphatic rings. The Morgan fingerprint density at radius 3 is 2.24 bits per heavy atom. The lowest BCUT2D eigenvalue weighted by Crippen LogP contribution is -2.08. The number of alkyl halides is 3. The molecule has 0 saturated carbocycles. The van der Waals surface area contributed by atoms with E-state index in [1.807, 2.05) is 0 Å². The molecule has 2 rings (SSSR count). The summed E-state index contributed by atoms with van der Waals surface area (Å²) in [6.45, 7) is 1.68. The zero-order valence-electron chi connectivity index (χ0n) is 11.2. The van der Waals surface area contributed by atoms with Gasteiger partial charge in [0.2, 0.25) is 0 Å². The lowest BCUT2D eigenvalue weighted by Gasteiger charge is -2.08. The van der Waals surface area contributed by atoms with Gasteiger partial charge in [-0.3, -0.25) is 4.79 Å². The number of carbonyl (C=O) groups is 1. The summed E-state index contributed by atoms with van der Waals surface area (Å²) in [7, 11) is 0. The highest BCUT2D eigenvalue weighted by molar-refractivity contribution is 5.98. The van der Waals surface area contributed by atoms with Gasteiger partial charge in [0.25, 0.3) is 0 Å². The molecule has 0 aliphatic heterocycles. The Hall–Kier alpha value is -2.17. The van der Waals surface area contributed by atoms with Crippen LogP contribution in [0.15, 0.2) is 42.5 Å². The topological polar surface area (TPSA) is 17.1 Å². The van der Waals surface area contributed by atoms with Gasteiger partial charge in [-0.2, -0.15) is 13.2 Å². The van der Waals surface area contributed by atoms with Gasteiger partial charge in [0, 0.05) is 12.0 Å². The van der Waals surface area contributed by atoms with Crippen molar-refractivity contribution in [3.05, 3.63) is 70.5 Å². The number of ketones is 1. The van der Waals surface area contributed by atoms with Gasteiger partial charge in [-0.1, -0.05) is 18.2 Å². The van der Waals surface area contributed by atoms with Crippen LogP contribution in [-0.2, 0) is 12.6 Å². The highest BCUT2D eigenvalue weighted by Crippen LogP contribution is 2.29. The van der Waals surface area contributed by atoms with Gasteiger partial charge in [-0.05, 0) is 42.3 Å². The lowest BCUT2D eigenvalue weighted by molar-refractivity contribution is -0.137. The highest BCUT2D eigenvalue weighted by atomic mass is 19.4. The predicted molar refractivity (Wildman–Crippen MR) is 70.6 cm³/mol. The van der Waals surface area contributed by atoms with E-state index >= 15 is 0 Å². The van der Waals surface area contributed by atoms with E-state index in [0.29, 0.717) is 11.1 Å². The molecule has 0 heterocycles. The van der Waals surface area contributed by atoms with Crippen molar-refractivity contribution in [2.45, 2.75) is 19.5 Å². The van der Waals surface area contributed by atoms with Gasteiger partial charge in [0.05, 0.1) is 5.56 Å². The van der Waals surface area contributed by atoms with Crippen LogP contribution in [0.1, 0.15) is 27.0 Å². The van der Waals surface area contributed by atoms with Crippen molar-refractivity contribution in [3.63, 3.8) is 0 Å². The van der Waals surface area contributed by atoms with Crippen LogP contribution >= 0.6 is 0 Å². The van der Waals surface area contributed by atoms with E-state index in [0.717, 1.165) is 18.2 Å². The normalized spacial score (nSPS) is 11.5. The van der Waals surface area contributed by atoms with Crippen molar-refractivity contribution >= 4 is 5.78 Å². The van der Waals surface area contributed by atoms with Crippen molar-refractivity contribution in [2.75, 3.05) is 0 Å². The summed E-state index contributed by atoms with van der Waals surface area (Å²) in [5.74, 6) is -0.844. The molecule has 0 saturated heterocycles. The van der Waals surface area contributed by atoms with Gasteiger partial charge in [-0.15, -0.1) is 0 Å². The summed E-state index contributed by atoms with van der Waals surface area (Å²) in [5, 5.41) is 0. The molecule has 0 amide bonds. The van der Waals surface area contributed by atoms with Crippen LogP contribution in [0.25, 0.3) is 0 Å². The fourth-order valence-corrected chi connectivity index (χ4v) is 1.99. The molecule has 0 atom stereocenters. The Morgan fingerprint density at radius 1 is 1.05 bits per heavy atom. The van der Waals surface area contributed by atoms with E-state index in [-0.39, 0.29) is 17.8 Å². The third kappa shape index (κ3) is 3.68. The van der Waals surface area contributed by atoms with Crippen molar-refractivity contribution in [3.8, 4) is 0 Å². The molecule has 0 aromatic heterocycles. The molecule has 110 valence electrons. The van der Waals surface area contributed by atoms with Crippen LogP contribution in [0.5, 0.6) is 0 Å². The Bertz CT molecular complexity index is 657. The molecule has 0 spiro atoms. The van der Waals surface area contributed by atoms with Gasteiger partial charge in [-0.25, -0.2) is 4.39 Å². The molecule has 0 aliphatic carbocycles. The maximum absolute atomic E-state index is 13.2. The maximum atomic E-state index is 13.2. The first-order chi connectivity index (χ1) is 9.77. The number of aryl methyl sites for hydroxylation is 1. The summed E-state index contributed by atoms with van der Waals surface area (Å²) >= 11 is 0. The van der Waals surface area contributed by atoms with Crippen LogP contribution in [0.2, 0.25) is 0 Å². The summed E-state index contributed by atoms with van der Waals surface area (Å²) in [5.41, 5.74) is 0.570. The van der Waals surface area contributed by atoms with Crippen molar-refractivity contribution in [1.29, 1.82) is 0 Å². The van der Waals surface area contributed by atoms with E-state index < -0.39 is 17.6 Å². The van der Waals surface area contributed by atoms with Gasteiger partial charge in [0.15, 0.2) is 5.78 Å². The fourth-order valence-electron chi connectivity index (χ4n) is 1.99. The Balaban J connectivity index is 2.18. The molecule has 0 N–H and O–H groups in total. The largest absolute Gasteiger partial charge is 0.416 e. The number of carbonyl (C=O) groups excluding carboxylic acids is 1. The SMILES string of the molecule is Cc1ccc(F)cc1C(=O)Cc1ccc(C(F)(F)F)cc1. The molecule has 2 aromatic rings. The second kappa shape index (κ2) is 5.68. The van der Waals surface area contributed by atoms with Crippen LogP contribution in [0, 0.1) is 12.7 Å². The molecule has 21 heavy (non-hydrogen) atoms. The van der Waals surface area contributed by atoms with Crippen molar-refractivity contribution < 1.29 is 22.4 Å². The first-order valence-electron chi connectivity index (χ1n) is 6.23. The minimum absolute atomic E-state index is 0.0670. The number of hydrogen-bond acceptors (Lipinski definition) is 1. The third-order valence-corrected chi connectivity index (χ3v) is 3.15. The smallest absolute Gasteiger partial charge is 0.294 e. The first kappa shape index (κ1) is 15.2. The standard InChI is InChI=1S/C16H12F4O/c1-10-2-7-13(17)9-14(10)15(21)8-11-3-5-12(6-4-11)16(18,19)20/h2-7,9H,8H2,1H3. The van der Waals surface area contributed by atoms with Crippen LogP contribution in [-0.4, -0.2) is 5.78 Å². The van der Waals surface area contributed by atoms with Crippen LogP contribution in [0.4, 0.5) is 17.6 Å². The third-order valence-electron chi connectivity index (χ3n) is 3.15. The quantitative estimate of drug-likeness (QED) is 0.598. The molecule has 1 nitrogen and oxygen atoms in total. The molecule has 0 bridgehead atoms. The van der Waals surface area contributed by atoms with Crippen LogP contribution < -0.4 is 0 Å². The Kier molecular flexibility index (Phi) is 4.11. The average Bonchev–Trinajstić information content (AvgIpc) is 2.41. The van der Waals surface area contributed by atoms with Gasteiger partial charge in [0.1, 0.15) is 5.82 Å². The van der Waals surface area contributed by atoms with E-state index in [1.165, 1.54) is 24.3 Å². The minimum atomic E-state index is -4.40. The summed E-state index contributed by atoms with van der Waals surface area (Å²) in [6, 6.07) is 8.27. The second-order valence-electron chi connectivity index (χ2n) is 4.75. The first-order valence-corrected chi connectivity index (χ1v) is 6.23. The molecular weight excluding hydrogens is 284 g/mol. The van der Waals surface area contributed by atoms with Crippen molar-refractivity contribution in [2.24, 2.45) is 0 Å². The zero-order valence-corrected chi connectivity index (χ0v) is 11.2. The molecule has 5 heteroatoms. The van der Waals surface area contributed by atoms with Crippen LogP contribution in [0.3, 0.4) is 0 Å². The predicted octanol–water partition coefficient (Wildman–Crippen LogP) is 4.58. The van der Waals surface area contributed by atoms with E-state index in [2.05, 4.69) is 0 Å². The number of rotatable bonds is 3. The molecule has 0 fully saturated rings. The zero-order chi connectivity index (χ0) is 15.6. The maximum Gasteiger partial charge on any atom is 0.416 e. The Labute approximate surface area is 119 Å². The second-order valence-corrected chi connectivity index (χ2v) is 4.75. The monoisotopic (exact) mass is 296 g/mol. The van der Waals surface area contributed by atoms with E-state index in [1.54, 1.807) is 6.92 Å². The summed E-state index contributed by atoms with van der Waals surface area (Å²) in [6.07, 6.45) is -4.47. The minimum Gasteiger partial charge on any atom is -0.294 e. The lowest BCUT2D eigenvalue weighted by atomic mass is 9.98. The number of Topliss-reactive ketones (excluding diaryl/α,β-unsaturated/α-hetero) is 1. The molecular formula is C16H12F4O. The Morgan fingerprint density at radius 2 is 1.67 bits per heavy atom. The molecule has 0 radical (unpaired) electrons. The fraction of sp³-hybridized carbons (Fsp3) is 0.188. The van der Waals surface area contributed by atoms with Crippen molar-refractivity contribution in [1.82, 2.24) is 0 Å². The molecule has 0 unspecified atom stereocenters. The summed E-state index contributed by atoms with van der Waals surface area (Å²) in [4.78, 5) is 12.1.